The SMILES string of the molecule is CCc1c(C)c2c(c(OCC[Si](C)(C)C)c1C=CC(C)C=O)C(=O)OC2. The molecule has 0 amide bonds. The largest absolute Gasteiger partial charge is 0.492 e. The molecule has 142 valence electrons. The Kier molecular flexibility index (Phi) is 6.45. The van der Waals surface area contributed by atoms with Crippen LogP contribution >= 0.6 is 0 Å². The fourth-order valence-corrected chi connectivity index (χ4v) is 3.84. The predicted octanol–water partition coefficient (Wildman–Crippen LogP) is 4.79. The Morgan fingerprint density at radius 2 is 2.00 bits per heavy atom. The maximum Gasteiger partial charge on any atom is 0.342 e. The van der Waals surface area contributed by atoms with E-state index >= 15 is 0 Å². The Morgan fingerprint density at radius 1 is 1.31 bits per heavy atom. The fraction of sp³-hybridized carbons (Fsp3) is 0.524. The summed E-state index contributed by atoms with van der Waals surface area (Å²) in [6.45, 7) is 13.8. The molecule has 0 spiro atoms. The van der Waals surface area contributed by atoms with E-state index in [0.717, 1.165) is 41.0 Å². The van der Waals surface area contributed by atoms with Crippen molar-refractivity contribution in [2.75, 3.05) is 6.61 Å². The molecular formula is C21H30O4Si. The molecule has 26 heavy (non-hydrogen) atoms. The Hall–Kier alpha value is -1.88. The van der Waals surface area contributed by atoms with Gasteiger partial charge in [0.25, 0.3) is 0 Å². The molecule has 1 heterocycles. The van der Waals surface area contributed by atoms with Crippen molar-refractivity contribution in [3.8, 4) is 5.75 Å². The number of carbonyl (C=O) groups is 2. The van der Waals surface area contributed by atoms with Crippen LogP contribution in [0.3, 0.4) is 0 Å². The maximum absolute atomic E-state index is 12.4. The van der Waals surface area contributed by atoms with Crippen molar-refractivity contribution >= 4 is 26.4 Å². The second-order valence-corrected chi connectivity index (χ2v) is 13.8. The molecule has 0 N–H and O–H groups in total. The van der Waals surface area contributed by atoms with Crippen LogP contribution in [0.1, 0.15) is 46.5 Å². The van der Waals surface area contributed by atoms with Crippen LogP contribution in [0.15, 0.2) is 6.08 Å². The zero-order valence-corrected chi connectivity index (χ0v) is 17.8. The van der Waals surface area contributed by atoms with E-state index in [1.807, 2.05) is 26.0 Å². The number of ether oxygens (including phenoxy) is 2. The van der Waals surface area contributed by atoms with Gasteiger partial charge < -0.3 is 14.3 Å². The van der Waals surface area contributed by atoms with E-state index in [4.69, 9.17) is 9.47 Å². The number of carbonyl (C=O) groups excluding carboxylic acids is 2. The van der Waals surface area contributed by atoms with Gasteiger partial charge in [-0.05, 0) is 30.5 Å². The highest BCUT2D eigenvalue weighted by molar-refractivity contribution is 6.76. The van der Waals surface area contributed by atoms with Gasteiger partial charge in [0.2, 0.25) is 0 Å². The summed E-state index contributed by atoms with van der Waals surface area (Å²) in [5.41, 5.74) is 4.65. The Labute approximate surface area is 157 Å². The van der Waals surface area contributed by atoms with Crippen LogP contribution in [0.2, 0.25) is 25.7 Å². The van der Waals surface area contributed by atoms with Crippen LogP contribution in [0.25, 0.3) is 6.08 Å². The Balaban J connectivity index is 2.56. The topological polar surface area (TPSA) is 52.6 Å². The first kappa shape index (κ1) is 20.4. The molecule has 0 radical (unpaired) electrons. The maximum atomic E-state index is 12.4. The van der Waals surface area contributed by atoms with Crippen LogP contribution in [0.4, 0.5) is 0 Å². The Bertz CT molecular complexity index is 729. The number of aldehydes is 1. The molecule has 0 fully saturated rings. The molecule has 0 saturated heterocycles. The average Bonchev–Trinajstić information content (AvgIpc) is 2.96. The van der Waals surface area contributed by atoms with Crippen molar-refractivity contribution < 1.29 is 19.1 Å². The van der Waals surface area contributed by atoms with E-state index in [0.29, 0.717) is 24.5 Å². The zero-order chi connectivity index (χ0) is 19.5. The van der Waals surface area contributed by atoms with Crippen LogP contribution in [-0.4, -0.2) is 26.9 Å². The van der Waals surface area contributed by atoms with Crippen molar-refractivity contribution in [1.82, 2.24) is 0 Å². The summed E-state index contributed by atoms with van der Waals surface area (Å²) in [5, 5.41) is 0. The number of rotatable bonds is 8. The molecule has 0 aromatic heterocycles. The molecule has 1 aliphatic heterocycles. The number of hydrogen-bond donors (Lipinski definition) is 0. The third-order valence-electron chi connectivity index (χ3n) is 4.79. The normalized spacial score (nSPS) is 15.1. The standard InChI is InChI=1S/C21H30O4Si/c1-7-16-15(3)18-13-25-21(23)19(18)20(24-10-11-26(4,5)6)17(16)9-8-14(2)12-22/h8-9,12,14H,7,10-11,13H2,1-6H3. The van der Waals surface area contributed by atoms with Gasteiger partial charge in [-0.3, -0.25) is 0 Å². The van der Waals surface area contributed by atoms with E-state index in [2.05, 4.69) is 26.6 Å². The molecule has 1 atom stereocenters. The van der Waals surface area contributed by atoms with Gasteiger partial charge in [-0.15, -0.1) is 0 Å². The van der Waals surface area contributed by atoms with Gasteiger partial charge in [0.05, 0.1) is 6.61 Å². The van der Waals surface area contributed by atoms with Gasteiger partial charge in [0, 0.05) is 25.1 Å². The minimum absolute atomic E-state index is 0.185. The van der Waals surface area contributed by atoms with Gasteiger partial charge in [-0.1, -0.05) is 45.6 Å². The van der Waals surface area contributed by atoms with Crippen molar-refractivity contribution in [1.29, 1.82) is 0 Å². The lowest BCUT2D eigenvalue weighted by molar-refractivity contribution is -0.109. The summed E-state index contributed by atoms with van der Waals surface area (Å²) in [5.74, 6) is 0.124. The van der Waals surface area contributed by atoms with Gasteiger partial charge in [-0.25, -0.2) is 4.79 Å². The molecule has 4 nitrogen and oxygen atoms in total. The highest BCUT2D eigenvalue weighted by Crippen LogP contribution is 2.39. The lowest BCUT2D eigenvalue weighted by atomic mass is 9.90. The number of esters is 1. The van der Waals surface area contributed by atoms with Gasteiger partial charge >= 0.3 is 5.97 Å². The molecular weight excluding hydrogens is 344 g/mol. The molecule has 1 aliphatic rings. The molecule has 1 unspecified atom stereocenters. The summed E-state index contributed by atoms with van der Waals surface area (Å²) in [7, 11) is -1.25. The zero-order valence-electron chi connectivity index (χ0n) is 16.8. The number of benzene rings is 1. The molecule has 1 aromatic rings. The minimum atomic E-state index is -1.25. The summed E-state index contributed by atoms with van der Waals surface area (Å²) in [6, 6.07) is 1.01. The molecule has 0 aliphatic carbocycles. The van der Waals surface area contributed by atoms with Gasteiger partial charge in [-0.2, -0.15) is 0 Å². The summed E-state index contributed by atoms with van der Waals surface area (Å²) in [4.78, 5) is 23.4. The number of cyclic esters (lactones) is 1. The van der Waals surface area contributed by atoms with E-state index in [1.54, 1.807) is 0 Å². The Morgan fingerprint density at radius 3 is 2.58 bits per heavy atom. The molecule has 0 bridgehead atoms. The van der Waals surface area contributed by atoms with Crippen molar-refractivity contribution in [2.45, 2.75) is 59.5 Å². The molecule has 1 aromatic carbocycles. The highest BCUT2D eigenvalue weighted by atomic mass is 28.3. The monoisotopic (exact) mass is 374 g/mol. The molecule has 0 saturated carbocycles. The van der Waals surface area contributed by atoms with E-state index < -0.39 is 8.07 Å². The third-order valence-corrected chi connectivity index (χ3v) is 6.49. The lowest BCUT2D eigenvalue weighted by Crippen LogP contribution is -2.23. The second-order valence-electron chi connectivity index (χ2n) is 8.14. The van der Waals surface area contributed by atoms with E-state index in [9.17, 15) is 9.59 Å². The van der Waals surface area contributed by atoms with E-state index in [-0.39, 0.29) is 11.9 Å². The van der Waals surface area contributed by atoms with Crippen LogP contribution in [-0.2, 0) is 22.6 Å². The summed E-state index contributed by atoms with van der Waals surface area (Å²) >= 11 is 0. The number of allylic oxidation sites excluding steroid dienone is 1. The van der Waals surface area contributed by atoms with Gasteiger partial charge in [0.1, 0.15) is 24.2 Å². The smallest absolute Gasteiger partial charge is 0.342 e. The van der Waals surface area contributed by atoms with Crippen LogP contribution in [0, 0.1) is 12.8 Å². The molecule has 5 heteroatoms. The number of fused-ring (bicyclic) bond motifs is 1. The van der Waals surface area contributed by atoms with Crippen LogP contribution in [0.5, 0.6) is 5.75 Å². The van der Waals surface area contributed by atoms with Gasteiger partial charge in [0.15, 0.2) is 0 Å². The summed E-state index contributed by atoms with van der Waals surface area (Å²) in [6.07, 6.45) is 5.52. The number of hydrogen-bond acceptors (Lipinski definition) is 4. The average molecular weight is 375 g/mol. The van der Waals surface area contributed by atoms with Crippen LogP contribution < -0.4 is 4.74 Å². The van der Waals surface area contributed by atoms with Crippen molar-refractivity contribution in [3.05, 3.63) is 33.9 Å². The third kappa shape index (κ3) is 4.44. The second kappa shape index (κ2) is 8.21. The van der Waals surface area contributed by atoms with E-state index in [1.165, 1.54) is 0 Å². The van der Waals surface area contributed by atoms with Crippen molar-refractivity contribution in [2.24, 2.45) is 5.92 Å². The highest BCUT2D eigenvalue weighted by Gasteiger charge is 2.32. The first-order valence-corrected chi connectivity index (χ1v) is 13.0. The minimum Gasteiger partial charge on any atom is -0.492 e. The van der Waals surface area contributed by atoms with Crippen molar-refractivity contribution in [3.63, 3.8) is 0 Å². The quantitative estimate of drug-likeness (QED) is 0.373. The fourth-order valence-electron chi connectivity index (χ4n) is 3.12. The predicted molar refractivity (Wildman–Crippen MR) is 108 cm³/mol. The first-order valence-electron chi connectivity index (χ1n) is 9.31. The first-order chi connectivity index (χ1) is 12.2. The lowest BCUT2D eigenvalue weighted by Gasteiger charge is -2.21. The summed E-state index contributed by atoms with van der Waals surface area (Å²) < 4.78 is 11.5. The molecule has 2 rings (SSSR count).